The largest absolute Gasteiger partial charge is 0.494 e. The Morgan fingerprint density at radius 2 is 2.29 bits per heavy atom. The average Bonchev–Trinajstić information content (AvgIpc) is 2.77. The van der Waals surface area contributed by atoms with Crippen molar-refractivity contribution in [3.63, 3.8) is 0 Å². The Bertz CT molecular complexity index is 510. The lowest BCUT2D eigenvalue weighted by Crippen LogP contribution is -1.97. The van der Waals surface area contributed by atoms with Crippen LogP contribution in [0.15, 0.2) is 24.4 Å². The van der Waals surface area contributed by atoms with Crippen molar-refractivity contribution in [1.29, 1.82) is 0 Å². The quantitative estimate of drug-likeness (QED) is 0.846. The fourth-order valence-electron chi connectivity index (χ4n) is 1.61. The number of hydrogen-bond acceptors (Lipinski definition) is 3. The minimum Gasteiger partial charge on any atom is -0.494 e. The third-order valence-corrected chi connectivity index (χ3v) is 2.49. The SMILES string of the molecule is COc1ccc(Cc2ncc(CN)[nH]2)cc1F. The van der Waals surface area contributed by atoms with E-state index in [-0.39, 0.29) is 11.6 Å². The Kier molecular flexibility index (Phi) is 3.39. The maximum atomic E-state index is 13.4. The molecule has 2 aromatic rings. The van der Waals surface area contributed by atoms with Gasteiger partial charge in [-0.1, -0.05) is 6.07 Å². The first kappa shape index (κ1) is 11.6. The first-order valence-electron chi connectivity index (χ1n) is 5.28. The fourth-order valence-corrected chi connectivity index (χ4v) is 1.61. The van der Waals surface area contributed by atoms with Gasteiger partial charge in [0.2, 0.25) is 0 Å². The second-order valence-electron chi connectivity index (χ2n) is 3.70. The van der Waals surface area contributed by atoms with Crippen molar-refractivity contribution in [3.05, 3.63) is 47.3 Å². The van der Waals surface area contributed by atoms with Gasteiger partial charge in [0.25, 0.3) is 0 Å². The van der Waals surface area contributed by atoms with E-state index in [4.69, 9.17) is 10.5 Å². The van der Waals surface area contributed by atoms with Crippen LogP contribution < -0.4 is 10.5 Å². The molecule has 3 N–H and O–H groups in total. The number of methoxy groups -OCH3 is 1. The summed E-state index contributed by atoms with van der Waals surface area (Å²) in [5.74, 6) is 0.654. The zero-order chi connectivity index (χ0) is 12.3. The van der Waals surface area contributed by atoms with Crippen molar-refractivity contribution < 1.29 is 9.13 Å². The van der Waals surface area contributed by atoms with Crippen molar-refractivity contribution in [2.75, 3.05) is 7.11 Å². The number of aromatic nitrogens is 2. The lowest BCUT2D eigenvalue weighted by Gasteiger charge is -2.03. The maximum Gasteiger partial charge on any atom is 0.165 e. The van der Waals surface area contributed by atoms with Crippen molar-refractivity contribution in [1.82, 2.24) is 9.97 Å². The minimum absolute atomic E-state index is 0.246. The molecule has 0 unspecified atom stereocenters. The fraction of sp³-hybridized carbons (Fsp3) is 0.250. The van der Waals surface area contributed by atoms with Crippen LogP contribution in [-0.2, 0) is 13.0 Å². The van der Waals surface area contributed by atoms with Gasteiger partial charge in [-0.2, -0.15) is 0 Å². The molecule has 0 saturated heterocycles. The Labute approximate surface area is 98.6 Å². The second-order valence-corrected chi connectivity index (χ2v) is 3.70. The highest BCUT2D eigenvalue weighted by molar-refractivity contribution is 5.30. The number of nitrogens with one attached hydrogen (secondary N) is 1. The number of benzene rings is 1. The number of aromatic amines is 1. The summed E-state index contributed by atoms with van der Waals surface area (Å²) in [6, 6.07) is 4.87. The van der Waals surface area contributed by atoms with Gasteiger partial charge in [0, 0.05) is 24.9 Å². The standard InChI is InChI=1S/C12H14FN3O/c1-17-11-3-2-8(4-10(11)13)5-12-15-7-9(6-14)16-12/h2-4,7H,5-6,14H2,1H3,(H,15,16). The molecule has 0 aliphatic heterocycles. The smallest absolute Gasteiger partial charge is 0.165 e. The third kappa shape index (κ3) is 2.62. The molecule has 2 rings (SSSR count). The summed E-state index contributed by atoms with van der Waals surface area (Å²) in [7, 11) is 1.44. The van der Waals surface area contributed by atoms with E-state index in [1.54, 1.807) is 12.3 Å². The number of H-pyrrole nitrogens is 1. The summed E-state index contributed by atoms with van der Waals surface area (Å²) in [6.45, 7) is 0.421. The van der Waals surface area contributed by atoms with Crippen molar-refractivity contribution in [2.24, 2.45) is 5.73 Å². The summed E-state index contributed by atoms with van der Waals surface area (Å²) in [5.41, 5.74) is 7.17. The Hall–Kier alpha value is -1.88. The van der Waals surface area contributed by atoms with Gasteiger partial charge in [-0.3, -0.25) is 0 Å². The Balaban J connectivity index is 2.15. The van der Waals surface area contributed by atoms with Crippen molar-refractivity contribution >= 4 is 0 Å². The van der Waals surface area contributed by atoms with Crippen LogP contribution in [0.2, 0.25) is 0 Å². The van der Waals surface area contributed by atoms with E-state index < -0.39 is 0 Å². The molecule has 1 aromatic carbocycles. The summed E-state index contributed by atoms with van der Waals surface area (Å²) in [6.07, 6.45) is 2.23. The molecule has 0 amide bonds. The Morgan fingerprint density at radius 3 is 2.88 bits per heavy atom. The summed E-state index contributed by atoms with van der Waals surface area (Å²) in [4.78, 5) is 7.23. The zero-order valence-corrected chi connectivity index (χ0v) is 9.53. The monoisotopic (exact) mass is 235 g/mol. The van der Waals surface area contributed by atoms with Gasteiger partial charge in [-0.05, 0) is 17.7 Å². The van der Waals surface area contributed by atoms with Crippen molar-refractivity contribution in [3.8, 4) is 5.75 Å². The van der Waals surface area contributed by atoms with Gasteiger partial charge in [0.05, 0.1) is 7.11 Å². The van der Waals surface area contributed by atoms with Gasteiger partial charge in [0.15, 0.2) is 11.6 Å². The van der Waals surface area contributed by atoms with Gasteiger partial charge in [0.1, 0.15) is 5.82 Å². The maximum absolute atomic E-state index is 13.4. The van der Waals surface area contributed by atoms with E-state index in [0.717, 1.165) is 17.1 Å². The van der Waals surface area contributed by atoms with E-state index in [2.05, 4.69) is 9.97 Å². The van der Waals surface area contributed by atoms with Crippen LogP contribution in [0.1, 0.15) is 17.1 Å². The van der Waals surface area contributed by atoms with Gasteiger partial charge in [-0.15, -0.1) is 0 Å². The van der Waals surface area contributed by atoms with E-state index in [9.17, 15) is 4.39 Å². The molecule has 1 aromatic heterocycles. The lowest BCUT2D eigenvalue weighted by molar-refractivity contribution is 0.386. The van der Waals surface area contributed by atoms with E-state index in [1.165, 1.54) is 13.2 Å². The average molecular weight is 235 g/mol. The number of nitrogens with two attached hydrogens (primary N) is 1. The van der Waals surface area contributed by atoms with Gasteiger partial charge < -0.3 is 15.5 Å². The number of imidazole rings is 1. The number of hydrogen-bond donors (Lipinski definition) is 2. The first-order valence-corrected chi connectivity index (χ1v) is 5.28. The van der Waals surface area contributed by atoms with Crippen LogP contribution in [0.4, 0.5) is 4.39 Å². The summed E-state index contributed by atoms with van der Waals surface area (Å²) in [5, 5.41) is 0. The van der Waals surface area contributed by atoms with Crippen molar-refractivity contribution in [2.45, 2.75) is 13.0 Å². The third-order valence-electron chi connectivity index (χ3n) is 2.49. The van der Waals surface area contributed by atoms with E-state index in [1.807, 2.05) is 6.07 Å². The van der Waals surface area contributed by atoms with Crippen LogP contribution in [-0.4, -0.2) is 17.1 Å². The van der Waals surface area contributed by atoms with Crippen LogP contribution in [0.25, 0.3) is 0 Å². The molecular formula is C12H14FN3O. The molecule has 0 aliphatic rings. The molecule has 1 heterocycles. The molecule has 0 fully saturated rings. The molecular weight excluding hydrogens is 221 g/mol. The van der Waals surface area contributed by atoms with Gasteiger partial charge >= 0.3 is 0 Å². The molecule has 0 aliphatic carbocycles. The molecule has 4 nitrogen and oxygen atoms in total. The molecule has 0 bridgehead atoms. The molecule has 90 valence electrons. The predicted octanol–water partition coefficient (Wildman–Crippen LogP) is 1.61. The number of rotatable bonds is 4. The molecule has 5 heteroatoms. The summed E-state index contributed by atoms with van der Waals surface area (Å²) < 4.78 is 18.3. The van der Waals surface area contributed by atoms with Crippen LogP contribution in [0.5, 0.6) is 5.75 Å². The Morgan fingerprint density at radius 1 is 1.47 bits per heavy atom. The van der Waals surface area contributed by atoms with Crippen LogP contribution >= 0.6 is 0 Å². The lowest BCUT2D eigenvalue weighted by atomic mass is 10.1. The highest BCUT2D eigenvalue weighted by atomic mass is 19.1. The van der Waals surface area contributed by atoms with Crippen LogP contribution in [0.3, 0.4) is 0 Å². The predicted molar refractivity (Wildman–Crippen MR) is 62.2 cm³/mol. The van der Waals surface area contributed by atoms with Crippen LogP contribution in [0, 0.1) is 5.82 Å². The molecule has 0 atom stereocenters. The molecule has 0 radical (unpaired) electrons. The van der Waals surface area contributed by atoms with E-state index >= 15 is 0 Å². The second kappa shape index (κ2) is 4.97. The number of nitrogens with zero attached hydrogens (tertiary/aromatic N) is 1. The zero-order valence-electron chi connectivity index (χ0n) is 9.53. The molecule has 0 spiro atoms. The molecule has 0 saturated carbocycles. The van der Waals surface area contributed by atoms with Gasteiger partial charge in [-0.25, -0.2) is 9.37 Å². The number of ether oxygens (including phenoxy) is 1. The summed E-state index contributed by atoms with van der Waals surface area (Å²) >= 11 is 0. The first-order chi connectivity index (χ1) is 8.22. The topological polar surface area (TPSA) is 63.9 Å². The highest BCUT2D eigenvalue weighted by Gasteiger charge is 2.06. The minimum atomic E-state index is -0.365. The normalized spacial score (nSPS) is 10.5. The van der Waals surface area contributed by atoms with E-state index in [0.29, 0.717) is 13.0 Å². The molecule has 17 heavy (non-hydrogen) atoms. The number of halogens is 1. The highest BCUT2D eigenvalue weighted by Crippen LogP contribution is 2.18.